The number of unbranched alkanes of at least 4 members (excludes halogenated alkanes) is 1. The predicted molar refractivity (Wildman–Crippen MR) is 182 cm³/mol. The largest absolute Gasteiger partial charge is 0.491 e. The molecule has 2 rings (SSSR count). The van der Waals surface area contributed by atoms with Crippen molar-refractivity contribution >= 4 is 23.9 Å². The maximum Gasteiger partial charge on any atom is 0.330 e. The summed E-state index contributed by atoms with van der Waals surface area (Å²) in [5.41, 5.74) is 1.80. The second-order valence-electron chi connectivity index (χ2n) is 10.7. The molecule has 0 bridgehead atoms. The first kappa shape index (κ1) is 41.8. The number of carbonyl (C=O) groups excluding carboxylic acids is 4. The lowest BCUT2D eigenvalue weighted by Crippen LogP contribution is -2.25. The second-order valence-corrected chi connectivity index (χ2v) is 10.7. The van der Waals surface area contributed by atoms with E-state index < -0.39 is 36.1 Å². The molecule has 2 aromatic rings. The van der Waals surface area contributed by atoms with Gasteiger partial charge in [0.05, 0.1) is 13.2 Å². The van der Waals surface area contributed by atoms with Crippen LogP contribution in [0.4, 0.5) is 0 Å². The van der Waals surface area contributed by atoms with Crippen molar-refractivity contribution < 1.29 is 57.8 Å². The fraction of sp³-hybridized carbons (Fsp3) is 0.351. The SMILES string of the molecule is C=CC(=O)OCC(O)COc1ccc(C(C)(C)c2ccc(OCC(O)COC(=O)C=C)cc2)cc1.C=CC(=O)OCCCCOC(=O)C=C. The van der Waals surface area contributed by atoms with Gasteiger partial charge in [0.1, 0.15) is 50.1 Å². The van der Waals surface area contributed by atoms with E-state index >= 15 is 0 Å². The van der Waals surface area contributed by atoms with Gasteiger partial charge in [-0.25, -0.2) is 19.2 Å². The minimum absolute atomic E-state index is 0.0139. The van der Waals surface area contributed by atoms with E-state index in [1.807, 2.05) is 48.5 Å². The Morgan fingerprint density at radius 1 is 0.571 bits per heavy atom. The molecule has 0 radical (unpaired) electrons. The van der Waals surface area contributed by atoms with E-state index in [2.05, 4.69) is 40.2 Å². The number of rotatable bonds is 21. The second kappa shape index (κ2) is 23.2. The maximum absolute atomic E-state index is 11.0. The van der Waals surface area contributed by atoms with Crippen molar-refractivity contribution in [2.45, 2.75) is 44.3 Å². The van der Waals surface area contributed by atoms with Gasteiger partial charge in [0.15, 0.2) is 0 Å². The zero-order valence-corrected chi connectivity index (χ0v) is 28.0. The molecule has 0 fully saturated rings. The van der Waals surface area contributed by atoms with Gasteiger partial charge in [-0.3, -0.25) is 0 Å². The third-order valence-electron chi connectivity index (χ3n) is 6.57. The van der Waals surface area contributed by atoms with Crippen LogP contribution >= 0.6 is 0 Å². The fourth-order valence-electron chi connectivity index (χ4n) is 3.73. The fourth-order valence-corrected chi connectivity index (χ4v) is 3.73. The van der Waals surface area contributed by atoms with Gasteiger partial charge >= 0.3 is 23.9 Å². The topological polar surface area (TPSA) is 164 Å². The molecule has 0 aromatic heterocycles. The molecular weight excluding hydrogens is 636 g/mol. The van der Waals surface area contributed by atoms with Crippen molar-refractivity contribution in [1.82, 2.24) is 0 Å². The standard InChI is InChI=1S/C27H32O8.C10H14O4/c1-5-25(30)34-17-21(28)15-32-23-11-7-19(8-12-23)27(3,4)20-9-13-24(14-10-20)33-16-22(29)18-35-26(31)6-2;1-3-9(11)13-7-5-6-8-14-10(12)4-2/h5-14,21-22,28-29H,1-2,15-18H2,3-4H3;3-4H,1-2,5-8H2. The van der Waals surface area contributed by atoms with Crippen molar-refractivity contribution in [2.75, 3.05) is 39.6 Å². The Kier molecular flexibility index (Phi) is 19.8. The van der Waals surface area contributed by atoms with Gasteiger partial charge in [0.2, 0.25) is 0 Å². The highest BCUT2D eigenvalue weighted by Gasteiger charge is 2.23. The maximum atomic E-state index is 11.0. The average molecular weight is 683 g/mol. The number of ether oxygens (including phenoxy) is 6. The van der Waals surface area contributed by atoms with E-state index in [0.717, 1.165) is 35.4 Å². The molecule has 0 aliphatic heterocycles. The zero-order chi connectivity index (χ0) is 36.7. The monoisotopic (exact) mass is 682 g/mol. The van der Waals surface area contributed by atoms with Gasteiger partial charge in [-0.05, 0) is 48.2 Å². The minimum Gasteiger partial charge on any atom is -0.491 e. The van der Waals surface area contributed by atoms with Crippen LogP contribution in [0.5, 0.6) is 11.5 Å². The Morgan fingerprint density at radius 3 is 1.18 bits per heavy atom. The summed E-state index contributed by atoms with van der Waals surface area (Å²) in [7, 11) is 0. The highest BCUT2D eigenvalue weighted by Crippen LogP contribution is 2.33. The molecule has 12 nitrogen and oxygen atoms in total. The summed E-state index contributed by atoms with van der Waals surface area (Å²) in [5, 5.41) is 19.7. The smallest absolute Gasteiger partial charge is 0.330 e. The lowest BCUT2D eigenvalue weighted by atomic mass is 9.78. The zero-order valence-electron chi connectivity index (χ0n) is 28.0. The van der Waals surface area contributed by atoms with Gasteiger partial charge in [-0.1, -0.05) is 64.4 Å². The molecule has 2 N–H and O–H groups in total. The number of aliphatic hydroxyl groups excluding tert-OH is 2. The highest BCUT2D eigenvalue weighted by atomic mass is 16.6. The Balaban J connectivity index is 0.000000721. The van der Waals surface area contributed by atoms with Crippen molar-refractivity contribution in [1.29, 1.82) is 0 Å². The third kappa shape index (κ3) is 17.5. The Labute approximate surface area is 287 Å². The van der Waals surface area contributed by atoms with Crippen molar-refractivity contribution in [3.8, 4) is 11.5 Å². The molecule has 0 aliphatic rings. The Bertz CT molecular complexity index is 1260. The lowest BCUT2D eigenvalue weighted by Gasteiger charge is -2.26. The van der Waals surface area contributed by atoms with Crippen LogP contribution in [0.2, 0.25) is 0 Å². The molecule has 2 atom stereocenters. The van der Waals surface area contributed by atoms with Crippen LogP contribution in [-0.2, 0) is 43.5 Å². The Hall–Kier alpha value is -5.20. The van der Waals surface area contributed by atoms with E-state index in [-0.39, 0.29) is 31.8 Å². The lowest BCUT2D eigenvalue weighted by molar-refractivity contribution is -0.142. The number of hydrogen-bond donors (Lipinski definition) is 2. The normalized spacial score (nSPS) is 11.6. The highest BCUT2D eigenvalue weighted by molar-refractivity contribution is 5.82. The van der Waals surface area contributed by atoms with Gasteiger partial charge in [0.25, 0.3) is 0 Å². The summed E-state index contributed by atoms with van der Waals surface area (Å²) in [4.78, 5) is 43.2. The molecule has 2 unspecified atom stereocenters. The van der Waals surface area contributed by atoms with Crippen LogP contribution in [0.15, 0.2) is 99.2 Å². The van der Waals surface area contributed by atoms with E-state index in [1.165, 1.54) is 0 Å². The van der Waals surface area contributed by atoms with E-state index in [4.69, 9.17) is 28.4 Å². The number of esters is 4. The summed E-state index contributed by atoms with van der Waals surface area (Å²) < 4.78 is 30.1. The summed E-state index contributed by atoms with van der Waals surface area (Å²) in [6.07, 6.45) is 3.71. The van der Waals surface area contributed by atoms with Crippen LogP contribution in [0.3, 0.4) is 0 Å². The predicted octanol–water partition coefficient (Wildman–Crippen LogP) is 4.18. The molecule has 266 valence electrons. The van der Waals surface area contributed by atoms with Crippen LogP contribution in [0.25, 0.3) is 0 Å². The summed E-state index contributed by atoms with van der Waals surface area (Å²) >= 11 is 0. The first-order chi connectivity index (χ1) is 23.4. The molecular formula is C37H46O12. The van der Waals surface area contributed by atoms with E-state index in [1.54, 1.807) is 0 Å². The van der Waals surface area contributed by atoms with Crippen molar-refractivity contribution in [3.05, 3.63) is 110 Å². The van der Waals surface area contributed by atoms with E-state index in [0.29, 0.717) is 37.6 Å². The van der Waals surface area contributed by atoms with Crippen molar-refractivity contribution in [3.63, 3.8) is 0 Å². The van der Waals surface area contributed by atoms with Crippen LogP contribution < -0.4 is 9.47 Å². The van der Waals surface area contributed by atoms with E-state index in [9.17, 15) is 29.4 Å². The number of hydrogen-bond acceptors (Lipinski definition) is 12. The summed E-state index contributed by atoms with van der Waals surface area (Å²) in [5.74, 6) is -0.903. The number of carbonyl (C=O) groups is 4. The summed E-state index contributed by atoms with van der Waals surface area (Å²) in [6, 6.07) is 15.1. The first-order valence-corrected chi connectivity index (χ1v) is 15.4. The molecule has 2 aromatic carbocycles. The van der Waals surface area contributed by atoms with Gasteiger partial charge in [-0.2, -0.15) is 0 Å². The van der Waals surface area contributed by atoms with Crippen LogP contribution in [0.1, 0.15) is 37.8 Å². The first-order valence-electron chi connectivity index (χ1n) is 15.4. The minimum atomic E-state index is -0.945. The third-order valence-corrected chi connectivity index (χ3v) is 6.57. The quantitative estimate of drug-likeness (QED) is 0.0837. The van der Waals surface area contributed by atoms with Gasteiger partial charge in [-0.15, -0.1) is 0 Å². The average Bonchev–Trinajstić information content (AvgIpc) is 3.12. The van der Waals surface area contributed by atoms with Gasteiger partial charge in [0, 0.05) is 29.7 Å². The molecule has 12 heteroatoms. The molecule has 0 saturated carbocycles. The molecule has 0 amide bonds. The van der Waals surface area contributed by atoms with Crippen molar-refractivity contribution in [2.24, 2.45) is 0 Å². The molecule has 0 heterocycles. The van der Waals surface area contributed by atoms with Crippen LogP contribution in [0, 0.1) is 0 Å². The summed E-state index contributed by atoms with van der Waals surface area (Å²) in [6.45, 7) is 17.5. The molecule has 0 saturated heterocycles. The van der Waals surface area contributed by atoms with Crippen LogP contribution in [-0.4, -0.2) is 85.9 Å². The Morgan fingerprint density at radius 2 is 0.878 bits per heavy atom. The van der Waals surface area contributed by atoms with Gasteiger partial charge < -0.3 is 38.6 Å². The number of benzene rings is 2. The number of aliphatic hydroxyl groups is 2. The molecule has 0 aliphatic carbocycles. The molecule has 0 spiro atoms. The molecule has 49 heavy (non-hydrogen) atoms.